The number of esters is 2. The van der Waals surface area contributed by atoms with E-state index in [9.17, 15) is 19.5 Å². The van der Waals surface area contributed by atoms with Crippen molar-refractivity contribution >= 4 is 17.9 Å². The van der Waals surface area contributed by atoms with Gasteiger partial charge in [-0.2, -0.15) is 0 Å². The summed E-state index contributed by atoms with van der Waals surface area (Å²) in [5.74, 6) is -2.26. The molecule has 0 aliphatic heterocycles. The SMILES string of the molecule is CC/C=C\C/C=C\C/C=C\C/C=C\C/C=C\C/C=C\C/C=C\C/C=C\CCCCC(=O)OC(COC(=O)C/C=C\C/C=C\C/C=C\C/C=C\C/C=C\CC)COC(OCC[N+](C)(C)C)C(=O)O. The van der Waals surface area contributed by atoms with Crippen LogP contribution in [0.1, 0.15) is 129 Å². The average Bonchev–Trinajstić information content (AvgIpc) is 3.29. The normalized spacial score (nSPS) is 14.2. The van der Waals surface area contributed by atoms with E-state index in [4.69, 9.17) is 18.9 Å². The number of carbonyl (C=O) groups is 3. The van der Waals surface area contributed by atoms with Gasteiger partial charge in [0.15, 0.2) is 6.10 Å². The van der Waals surface area contributed by atoms with Crippen LogP contribution >= 0.6 is 0 Å². The minimum absolute atomic E-state index is 0.0494. The van der Waals surface area contributed by atoms with Crippen LogP contribution in [-0.4, -0.2) is 87.4 Å². The molecule has 0 heterocycles. The zero-order chi connectivity index (χ0) is 49.2. The fraction of sp³-hybridized carbons (Fsp3) is 0.500. The highest BCUT2D eigenvalue weighted by atomic mass is 16.7. The Bertz CT molecular complexity index is 1640. The monoisotopic (exact) mass is 927 g/mol. The molecular weight excluding hydrogens is 839 g/mol. The minimum atomic E-state index is -1.55. The van der Waals surface area contributed by atoms with Gasteiger partial charge in [0.25, 0.3) is 6.29 Å². The summed E-state index contributed by atoms with van der Waals surface area (Å²) < 4.78 is 22.6. The van der Waals surface area contributed by atoms with Gasteiger partial charge in [-0.25, -0.2) is 4.79 Å². The molecule has 2 unspecified atom stereocenters. The number of allylic oxidation sites excluding steroid dienone is 25. The van der Waals surface area contributed by atoms with Gasteiger partial charge in [-0.15, -0.1) is 0 Å². The second kappa shape index (κ2) is 47.4. The Labute approximate surface area is 406 Å². The van der Waals surface area contributed by atoms with Gasteiger partial charge in [0.1, 0.15) is 13.2 Å². The van der Waals surface area contributed by atoms with Gasteiger partial charge in [0, 0.05) is 6.42 Å². The number of hydrogen-bond donors (Lipinski definition) is 1. The van der Waals surface area contributed by atoms with Crippen LogP contribution < -0.4 is 0 Å². The number of hydrogen-bond acceptors (Lipinski definition) is 7. The van der Waals surface area contributed by atoms with E-state index in [0.717, 1.165) is 89.9 Å². The molecule has 0 radical (unpaired) electrons. The first-order chi connectivity index (χ1) is 32.6. The molecule has 0 rings (SSSR count). The van der Waals surface area contributed by atoms with Crippen molar-refractivity contribution in [3.05, 3.63) is 158 Å². The van der Waals surface area contributed by atoms with Crippen molar-refractivity contribution in [2.45, 2.75) is 142 Å². The molecule has 0 amide bonds. The third-order valence-corrected chi connectivity index (χ3v) is 9.31. The first-order valence-electron chi connectivity index (χ1n) is 24.6. The first kappa shape index (κ1) is 61.9. The highest BCUT2D eigenvalue weighted by Crippen LogP contribution is 2.09. The first-order valence-corrected chi connectivity index (χ1v) is 24.6. The van der Waals surface area contributed by atoms with E-state index < -0.39 is 30.3 Å². The van der Waals surface area contributed by atoms with Crippen molar-refractivity contribution in [1.82, 2.24) is 0 Å². The van der Waals surface area contributed by atoms with Crippen molar-refractivity contribution in [2.24, 2.45) is 0 Å². The third-order valence-electron chi connectivity index (χ3n) is 9.31. The molecule has 0 aromatic carbocycles. The Morgan fingerprint density at radius 2 is 0.836 bits per heavy atom. The van der Waals surface area contributed by atoms with Crippen LogP contribution in [0.3, 0.4) is 0 Å². The Morgan fingerprint density at radius 3 is 1.21 bits per heavy atom. The molecule has 0 saturated heterocycles. The molecule has 0 saturated carbocycles. The van der Waals surface area contributed by atoms with Crippen molar-refractivity contribution < 1.29 is 42.9 Å². The summed E-state index contributed by atoms with van der Waals surface area (Å²) in [5, 5.41) is 9.65. The Morgan fingerprint density at radius 1 is 0.463 bits per heavy atom. The second-order valence-electron chi connectivity index (χ2n) is 16.7. The van der Waals surface area contributed by atoms with E-state index in [0.29, 0.717) is 23.9 Å². The second-order valence-corrected chi connectivity index (χ2v) is 16.7. The molecule has 0 spiro atoms. The lowest BCUT2D eigenvalue weighted by Gasteiger charge is -2.25. The fourth-order valence-electron chi connectivity index (χ4n) is 5.57. The molecule has 0 aliphatic carbocycles. The van der Waals surface area contributed by atoms with E-state index >= 15 is 0 Å². The fourth-order valence-corrected chi connectivity index (χ4v) is 5.57. The summed E-state index contributed by atoms with van der Waals surface area (Å²) in [7, 11) is 5.90. The zero-order valence-electron chi connectivity index (χ0n) is 42.0. The molecule has 9 heteroatoms. The maximum Gasteiger partial charge on any atom is 0.361 e. The summed E-state index contributed by atoms with van der Waals surface area (Å²) >= 11 is 0. The van der Waals surface area contributed by atoms with Crippen LogP contribution in [0, 0.1) is 0 Å². The minimum Gasteiger partial charge on any atom is -0.477 e. The predicted octanol–water partition coefficient (Wildman–Crippen LogP) is 13.9. The third kappa shape index (κ3) is 48.7. The quantitative estimate of drug-likeness (QED) is 0.0212. The van der Waals surface area contributed by atoms with E-state index in [1.165, 1.54) is 0 Å². The van der Waals surface area contributed by atoms with Crippen LogP contribution in [0.15, 0.2) is 158 Å². The average molecular weight is 927 g/mol. The number of aliphatic carboxylic acids is 1. The molecule has 0 fully saturated rings. The summed E-state index contributed by atoms with van der Waals surface area (Å²) in [6, 6.07) is 0. The number of likely N-dealkylation sites (N-methyl/N-ethyl adjacent to an activating group) is 1. The summed E-state index contributed by atoms with van der Waals surface area (Å²) in [4.78, 5) is 37.1. The number of carboxylic acids is 1. The number of ether oxygens (including phenoxy) is 4. The van der Waals surface area contributed by atoms with Crippen molar-refractivity contribution in [1.29, 1.82) is 0 Å². The highest BCUT2D eigenvalue weighted by Gasteiger charge is 2.25. The molecule has 372 valence electrons. The molecular formula is C58H88NO8+. The Kier molecular flexibility index (Phi) is 43.8. The van der Waals surface area contributed by atoms with Gasteiger partial charge < -0.3 is 28.5 Å². The highest BCUT2D eigenvalue weighted by molar-refractivity contribution is 5.72. The topological polar surface area (TPSA) is 108 Å². The van der Waals surface area contributed by atoms with Gasteiger partial charge in [0.05, 0.1) is 40.8 Å². The number of carbonyl (C=O) groups excluding carboxylic acids is 2. The molecule has 0 aromatic heterocycles. The number of nitrogens with zero attached hydrogens (tertiary/aromatic N) is 1. The number of rotatable bonds is 42. The van der Waals surface area contributed by atoms with Crippen LogP contribution in [-0.2, 0) is 33.3 Å². The lowest BCUT2D eigenvalue weighted by Crippen LogP contribution is -2.40. The lowest BCUT2D eigenvalue weighted by molar-refractivity contribution is -0.870. The predicted molar refractivity (Wildman–Crippen MR) is 280 cm³/mol. The molecule has 67 heavy (non-hydrogen) atoms. The molecule has 0 aliphatic rings. The smallest absolute Gasteiger partial charge is 0.361 e. The Hall–Kier alpha value is -5.09. The van der Waals surface area contributed by atoms with Gasteiger partial charge in [-0.05, 0) is 103 Å². The van der Waals surface area contributed by atoms with Crippen LogP contribution in [0.5, 0.6) is 0 Å². The van der Waals surface area contributed by atoms with Crippen molar-refractivity contribution in [2.75, 3.05) is 47.5 Å². The largest absolute Gasteiger partial charge is 0.477 e. The maximum atomic E-state index is 12.8. The van der Waals surface area contributed by atoms with Crippen LogP contribution in [0.4, 0.5) is 0 Å². The van der Waals surface area contributed by atoms with Crippen LogP contribution in [0.25, 0.3) is 0 Å². The molecule has 9 nitrogen and oxygen atoms in total. The zero-order valence-corrected chi connectivity index (χ0v) is 42.0. The van der Waals surface area contributed by atoms with Gasteiger partial charge in [0.2, 0.25) is 0 Å². The molecule has 0 aromatic rings. The molecule has 2 atom stereocenters. The van der Waals surface area contributed by atoms with Crippen molar-refractivity contribution in [3.8, 4) is 0 Å². The number of unbranched alkanes of at least 4 members (excludes halogenated alkanes) is 2. The van der Waals surface area contributed by atoms with Gasteiger partial charge in [-0.1, -0.05) is 172 Å². The van der Waals surface area contributed by atoms with Crippen molar-refractivity contribution in [3.63, 3.8) is 0 Å². The number of carboxylic acid groups (broad SMARTS) is 1. The lowest BCUT2D eigenvalue weighted by atomic mass is 10.2. The summed E-state index contributed by atoms with van der Waals surface area (Å²) in [6.07, 6.45) is 67.8. The maximum absolute atomic E-state index is 12.8. The summed E-state index contributed by atoms with van der Waals surface area (Å²) in [5.41, 5.74) is 0. The van der Waals surface area contributed by atoms with Gasteiger partial charge >= 0.3 is 17.9 Å². The van der Waals surface area contributed by atoms with Gasteiger partial charge in [-0.3, -0.25) is 9.59 Å². The molecule has 0 bridgehead atoms. The van der Waals surface area contributed by atoms with Crippen LogP contribution in [0.2, 0.25) is 0 Å². The van der Waals surface area contributed by atoms with E-state index in [1.54, 1.807) is 6.08 Å². The molecule has 1 N–H and O–H groups in total. The number of quaternary nitrogens is 1. The van der Waals surface area contributed by atoms with E-state index in [-0.39, 0.29) is 32.7 Å². The van der Waals surface area contributed by atoms with E-state index in [1.807, 2.05) is 33.3 Å². The standard InChI is InChI=1S/C58H87NO8/c1-6-8-10-12-14-16-18-20-22-23-24-25-26-27-28-29-30-31-32-33-35-37-39-41-43-45-47-49-56(61)67-54(53-66-58(57(62)63)64-51-50-59(3,4)5)52-65-55(60)48-46-44-42-40-38-36-34-21-19-17-15-13-11-9-7-2/h8-11,14-17,20-22,24-25,27-28,30-31,33-35,38-41,44,46,54,58H,6-7,12-13,18-19,23,26,29,32,36-37,42-43,45,47-53H2,1-5H3/p+1/b10-8-,11-9-,16-14-,17-15-,22-20-,25-24-,28-27-,31-30-,34-21-,35-33-,40-38-,41-39-,46-44-. The summed E-state index contributed by atoms with van der Waals surface area (Å²) in [6.45, 7) is 4.42. The van der Waals surface area contributed by atoms with E-state index in [2.05, 4.69) is 154 Å². The Balaban J connectivity index is 4.58.